The van der Waals surface area contributed by atoms with Crippen molar-refractivity contribution in [2.45, 2.75) is 24.8 Å². The van der Waals surface area contributed by atoms with Crippen molar-refractivity contribution in [3.05, 3.63) is 24.0 Å². The number of rotatable bonds is 3. The van der Waals surface area contributed by atoms with E-state index in [1.807, 2.05) is 0 Å². The van der Waals surface area contributed by atoms with Gasteiger partial charge in [0, 0.05) is 13.1 Å². The van der Waals surface area contributed by atoms with Crippen LogP contribution in [0, 0.1) is 5.82 Å². The number of benzene rings is 1. The van der Waals surface area contributed by atoms with Gasteiger partial charge >= 0.3 is 0 Å². The molecule has 0 saturated heterocycles. The Labute approximate surface area is 94.9 Å². The van der Waals surface area contributed by atoms with E-state index in [2.05, 4.69) is 0 Å². The summed E-state index contributed by atoms with van der Waals surface area (Å²) in [6.07, 6.45) is 0. The zero-order valence-electron chi connectivity index (χ0n) is 9.44. The Kier molecular flexibility index (Phi) is 3.54. The van der Waals surface area contributed by atoms with E-state index in [4.69, 9.17) is 5.73 Å². The minimum atomic E-state index is -3.64. The highest BCUT2D eigenvalue weighted by atomic mass is 32.2. The Bertz CT molecular complexity index is 486. The summed E-state index contributed by atoms with van der Waals surface area (Å²) >= 11 is 0. The first-order valence-corrected chi connectivity index (χ1v) is 6.24. The van der Waals surface area contributed by atoms with Gasteiger partial charge in [-0.1, -0.05) is 0 Å². The lowest BCUT2D eigenvalue weighted by molar-refractivity contribution is 0.411. The van der Waals surface area contributed by atoms with Gasteiger partial charge < -0.3 is 5.73 Å². The molecule has 1 aromatic rings. The first-order valence-electron chi connectivity index (χ1n) is 4.80. The Morgan fingerprint density at radius 2 is 1.94 bits per heavy atom. The van der Waals surface area contributed by atoms with Crippen molar-refractivity contribution in [3.8, 4) is 0 Å². The molecule has 0 bridgehead atoms. The van der Waals surface area contributed by atoms with Crippen LogP contribution in [-0.2, 0) is 10.0 Å². The van der Waals surface area contributed by atoms with Gasteiger partial charge in [0.2, 0.25) is 10.0 Å². The van der Waals surface area contributed by atoms with Crippen LogP contribution in [0.4, 0.5) is 10.1 Å². The minimum absolute atomic E-state index is 0.0647. The fourth-order valence-electron chi connectivity index (χ4n) is 1.19. The average Bonchev–Trinajstić information content (AvgIpc) is 2.15. The zero-order chi connectivity index (χ0) is 12.5. The van der Waals surface area contributed by atoms with E-state index in [0.717, 1.165) is 12.1 Å². The van der Waals surface area contributed by atoms with Crippen molar-refractivity contribution < 1.29 is 12.8 Å². The first kappa shape index (κ1) is 12.9. The maximum Gasteiger partial charge on any atom is 0.245 e. The summed E-state index contributed by atoms with van der Waals surface area (Å²) in [7, 11) is -2.18. The molecule has 6 heteroatoms. The molecule has 0 amide bonds. The number of sulfonamides is 1. The maximum atomic E-state index is 12.8. The third-order valence-corrected chi connectivity index (χ3v) is 4.46. The molecule has 0 spiro atoms. The van der Waals surface area contributed by atoms with Crippen molar-refractivity contribution >= 4 is 15.7 Å². The fraction of sp³-hybridized carbons (Fsp3) is 0.400. The number of halogens is 1. The van der Waals surface area contributed by atoms with Crippen molar-refractivity contribution in [2.24, 2.45) is 0 Å². The molecular weight excluding hydrogens is 231 g/mol. The molecule has 1 rings (SSSR count). The summed E-state index contributed by atoms with van der Waals surface area (Å²) in [5, 5.41) is 0. The molecule has 4 nitrogen and oxygen atoms in total. The topological polar surface area (TPSA) is 63.4 Å². The van der Waals surface area contributed by atoms with Gasteiger partial charge in [0.1, 0.15) is 10.7 Å². The molecular formula is C10H15FN2O2S. The molecule has 0 aliphatic heterocycles. The van der Waals surface area contributed by atoms with Gasteiger partial charge in [0.05, 0.1) is 5.69 Å². The first-order chi connectivity index (χ1) is 7.26. The highest BCUT2D eigenvalue weighted by Gasteiger charge is 2.25. The van der Waals surface area contributed by atoms with E-state index in [9.17, 15) is 12.8 Å². The molecule has 0 saturated carbocycles. The number of hydrogen-bond acceptors (Lipinski definition) is 3. The molecule has 0 radical (unpaired) electrons. The van der Waals surface area contributed by atoms with Crippen LogP contribution < -0.4 is 5.73 Å². The van der Waals surface area contributed by atoms with E-state index < -0.39 is 15.8 Å². The number of hydrogen-bond donors (Lipinski definition) is 1. The minimum Gasteiger partial charge on any atom is -0.398 e. The molecule has 2 N–H and O–H groups in total. The standard InChI is InChI=1S/C10H15FN2O2S/c1-7(2)13(3)16(14,15)10-5-4-8(11)6-9(10)12/h4-7H,12H2,1-3H3. The van der Waals surface area contributed by atoms with Gasteiger partial charge in [-0.2, -0.15) is 4.31 Å². The van der Waals surface area contributed by atoms with Crippen molar-refractivity contribution in [1.82, 2.24) is 4.31 Å². The summed E-state index contributed by atoms with van der Waals surface area (Å²) < 4.78 is 38.1. The largest absolute Gasteiger partial charge is 0.398 e. The molecule has 16 heavy (non-hydrogen) atoms. The smallest absolute Gasteiger partial charge is 0.245 e. The Hall–Kier alpha value is -1.14. The molecule has 0 aliphatic rings. The van der Waals surface area contributed by atoms with Crippen LogP contribution in [0.2, 0.25) is 0 Å². The Morgan fingerprint density at radius 3 is 2.38 bits per heavy atom. The lowest BCUT2D eigenvalue weighted by Crippen LogP contribution is -2.33. The molecule has 0 aromatic heterocycles. The molecule has 0 heterocycles. The molecule has 1 aromatic carbocycles. The molecule has 90 valence electrons. The Balaban J connectivity index is 3.28. The van der Waals surface area contributed by atoms with Gasteiger partial charge in [-0.25, -0.2) is 12.8 Å². The van der Waals surface area contributed by atoms with Crippen molar-refractivity contribution in [3.63, 3.8) is 0 Å². The predicted octanol–water partition coefficient (Wildman–Crippen LogP) is 1.44. The van der Waals surface area contributed by atoms with E-state index >= 15 is 0 Å². The summed E-state index contributed by atoms with van der Waals surface area (Å²) in [5.74, 6) is -0.552. The van der Waals surface area contributed by atoms with Gasteiger partial charge in [0.15, 0.2) is 0 Å². The Morgan fingerprint density at radius 1 is 1.38 bits per heavy atom. The third-order valence-electron chi connectivity index (χ3n) is 2.36. The van der Waals surface area contributed by atoms with E-state index in [1.54, 1.807) is 13.8 Å². The third kappa shape index (κ3) is 2.33. The monoisotopic (exact) mass is 246 g/mol. The van der Waals surface area contributed by atoms with Crippen molar-refractivity contribution in [2.75, 3.05) is 12.8 Å². The summed E-state index contributed by atoms with van der Waals surface area (Å²) in [6, 6.07) is 3.08. The number of nitrogens with two attached hydrogens (primary N) is 1. The van der Waals surface area contributed by atoms with Crippen LogP contribution >= 0.6 is 0 Å². The zero-order valence-corrected chi connectivity index (χ0v) is 10.3. The van der Waals surface area contributed by atoms with E-state index in [0.29, 0.717) is 0 Å². The molecule has 0 atom stereocenters. The number of nitrogen functional groups attached to an aromatic ring is 1. The predicted molar refractivity (Wildman–Crippen MR) is 60.9 cm³/mol. The van der Waals surface area contributed by atoms with Crippen LogP contribution in [0.25, 0.3) is 0 Å². The molecule has 0 unspecified atom stereocenters. The lowest BCUT2D eigenvalue weighted by Gasteiger charge is -2.21. The second kappa shape index (κ2) is 4.39. The highest BCUT2D eigenvalue weighted by Crippen LogP contribution is 2.23. The van der Waals surface area contributed by atoms with E-state index in [1.165, 1.54) is 17.4 Å². The van der Waals surface area contributed by atoms with Gasteiger partial charge in [-0.05, 0) is 32.0 Å². The van der Waals surface area contributed by atoms with Crippen LogP contribution in [0.15, 0.2) is 23.1 Å². The quantitative estimate of drug-likeness (QED) is 0.821. The summed E-state index contributed by atoms with van der Waals surface area (Å²) in [4.78, 5) is -0.0647. The SMILES string of the molecule is CC(C)N(C)S(=O)(=O)c1ccc(F)cc1N. The second-order valence-electron chi connectivity index (χ2n) is 3.80. The van der Waals surface area contributed by atoms with Crippen LogP contribution in [0.5, 0.6) is 0 Å². The van der Waals surface area contributed by atoms with Crippen LogP contribution in [0.3, 0.4) is 0 Å². The van der Waals surface area contributed by atoms with Crippen LogP contribution in [-0.4, -0.2) is 25.8 Å². The summed E-state index contributed by atoms with van der Waals surface area (Å²) in [6.45, 7) is 3.49. The van der Waals surface area contributed by atoms with Crippen LogP contribution in [0.1, 0.15) is 13.8 Å². The average molecular weight is 246 g/mol. The normalized spacial score (nSPS) is 12.4. The second-order valence-corrected chi connectivity index (χ2v) is 5.76. The lowest BCUT2D eigenvalue weighted by atomic mass is 10.3. The van der Waals surface area contributed by atoms with Gasteiger partial charge in [0.25, 0.3) is 0 Å². The highest BCUT2D eigenvalue weighted by molar-refractivity contribution is 7.89. The summed E-state index contributed by atoms with van der Waals surface area (Å²) in [5.41, 5.74) is 5.42. The number of nitrogens with zero attached hydrogens (tertiary/aromatic N) is 1. The van der Waals surface area contributed by atoms with Gasteiger partial charge in [-0.3, -0.25) is 0 Å². The maximum absolute atomic E-state index is 12.8. The van der Waals surface area contributed by atoms with Crippen molar-refractivity contribution in [1.29, 1.82) is 0 Å². The molecule has 0 aliphatic carbocycles. The fourth-order valence-corrected chi connectivity index (χ4v) is 2.65. The molecule has 0 fully saturated rings. The number of anilines is 1. The van der Waals surface area contributed by atoms with Gasteiger partial charge in [-0.15, -0.1) is 0 Å². The van der Waals surface area contributed by atoms with E-state index in [-0.39, 0.29) is 16.6 Å².